The van der Waals surface area contributed by atoms with E-state index in [9.17, 15) is 14.4 Å². The van der Waals surface area contributed by atoms with Crippen LogP contribution in [0.3, 0.4) is 0 Å². The van der Waals surface area contributed by atoms with E-state index >= 15 is 0 Å². The number of Topliss-reactive ketones (excluding diaryl/α,β-unsaturated/α-hetero) is 1. The summed E-state index contributed by atoms with van der Waals surface area (Å²) in [5, 5.41) is 0. The highest BCUT2D eigenvalue weighted by atomic mass is 16.5. The molecule has 110 valence electrons. The van der Waals surface area contributed by atoms with Gasteiger partial charge in [0.1, 0.15) is 0 Å². The zero-order chi connectivity index (χ0) is 14.9. The number of hydrogen-bond donors (Lipinski definition) is 0. The van der Waals surface area contributed by atoms with Crippen LogP contribution in [0.25, 0.3) is 0 Å². The molecule has 0 aliphatic heterocycles. The molecule has 5 heteroatoms. The minimum absolute atomic E-state index is 0.0362. The number of ether oxygens (including phenoxy) is 2. The Balaban J connectivity index is 2.37. The molecule has 1 saturated carbocycles. The molecule has 2 rings (SSSR count). The first kappa shape index (κ1) is 14.8. The molecule has 0 spiro atoms. The Kier molecular flexibility index (Phi) is 3.97. The molecule has 2 atom stereocenters. The fourth-order valence-corrected chi connectivity index (χ4v) is 3.50. The van der Waals surface area contributed by atoms with E-state index in [2.05, 4.69) is 0 Å². The molecule has 0 unspecified atom stereocenters. The highest BCUT2D eigenvalue weighted by Crippen LogP contribution is 2.46. The lowest BCUT2D eigenvalue weighted by Gasteiger charge is -2.28. The van der Waals surface area contributed by atoms with Gasteiger partial charge in [0.15, 0.2) is 11.2 Å². The topological polar surface area (TPSA) is 69.7 Å². The van der Waals surface area contributed by atoms with Crippen molar-refractivity contribution in [2.75, 3.05) is 14.2 Å². The lowest BCUT2D eigenvalue weighted by molar-refractivity contribution is -0.171. The third-order valence-corrected chi connectivity index (χ3v) is 4.57. The van der Waals surface area contributed by atoms with Crippen LogP contribution in [-0.2, 0) is 23.9 Å². The van der Waals surface area contributed by atoms with E-state index in [1.165, 1.54) is 14.2 Å². The second-order valence-electron chi connectivity index (χ2n) is 5.65. The van der Waals surface area contributed by atoms with Crippen molar-refractivity contribution in [2.24, 2.45) is 17.3 Å². The monoisotopic (exact) mass is 280 g/mol. The molecule has 0 amide bonds. The Bertz CT molecular complexity index is 461. The predicted octanol–water partition coefficient (Wildman–Crippen LogP) is 1.65. The van der Waals surface area contributed by atoms with Crippen LogP contribution in [0.4, 0.5) is 0 Å². The van der Waals surface area contributed by atoms with Gasteiger partial charge in [0, 0.05) is 5.92 Å². The third kappa shape index (κ3) is 2.15. The van der Waals surface area contributed by atoms with Crippen molar-refractivity contribution in [3.05, 3.63) is 11.6 Å². The summed E-state index contributed by atoms with van der Waals surface area (Å²) in [7, 11) is 2.52. The molecular formula is C15H20O5. The summed E-state index contributed by atoms with van der Waals surface area (Å²) in [5.41, 5.74) is -0.609. The first-order valence-corrected chi connectivity index (χ1v) is 6.85. The second kappa shape index (κ2) is 5.38. The van der Waals surface area contributed by atoms with Crippen LogP contribution in [-0.4, -0.2) is 31.9 Å². The summed E-state index contributed by atoms with van der Waals surface area (Å²) in [6.45, 7) is 1.79. The van der Waals surface area contributed by atoms with Crippen LogP contribution in [0.2, 0.25) is 0 Å². The molecular weight excluding hydrogens is 260 g/mol. The van der Waals surface area contributed by atoms with Crippen LogP contribution in [0, 0.1) is 17.3 Å². The predicted molar refractivity (Wildman–Crippen MR) is 70.7 cm³/mol. The number of esters is 2. The lowest BCUT2D eigenvalue weighted by atomic mass is 9.75. The van der Waals surface area contributed by atoms with Crippen molar-refractivity contribution in [3.8, 4) is 0 Å². The Hall–Kier alpha value is -1.65. The molecule has 1 fully saturated rings. The normalized spacial score (nSPS) is 28.1. The van der Waals surface area contributed by atoms with Crippen LogP contribution in [0.5, 0.6) is 0 Å². The average Bonchev–Trinajstić information content (AvgIpc) is 2.64. The molecule has 0 aromatic carbocycles. The van der Waals surface area contributed by atoms with Gasteiger partial charge in [-0.2, -0.15) is 0 Å². The summed E-state index contributed by atoms with van der Waals surface area (Å²) >= 11 is 0. The SMILES string of the molecule is COC(=O)C1(C(=O)OC)CCC[C@@H]2C=C(C)C(=O)[C@@H]2C1. The molecule has 2 aliphatic carbocycles. The quantitative estimate of drug-likeness (QED) is 0.568. The Labute approximate surface area is 118 Å². The fourth-order valence-electron chi connectivity index (χ4n) is 3.50. The maximum Gasteiger partial charge on any atom is 0.323 e. The Morgan fingerprint density at radius 3 is 2.40 bits per heavy atom. The summed E-state index contributed by atoms with van der Waals surface area (Å²) < 4.78 is 9.63. The van der Waals surface area contributed by atoms with Gasteiger partial charge in [-0.3, -0.25) is 14.4 Å². The van der Waals surface area contributed by atoms with E-state index in [0.717, 1.165) is 12.0 Å². The summed E-state index contributed by atoms with van der Waals surface area (Å²) in [6.07, 6.45) is 4.03. The van der Waals surface area contributed by atoms with Crippen molar-refractivity contribution < 1.29 is 23.9 Å². The maximum atomic E-state index is 12.2. The average molecular weight is 280 g/mol. The van der Waals surface area contributed by atoms with E-state index in [4.69, 9.17) is 9.47 Å². The van der Waals surface area contributed by atoms with E-state index in [-0.39, 0.29) is 24.0 Å². The number of fused-ring (bicyclic) bond motifs is 1. The zero-order valence-electron chi connectivity index (χ0n) is 12.1. The van der Waals surface area contributed by atoms with Gasteiger partial charge in [0.2, 0.25) is 0 Å². The zero-order valence-corrected chi connectivity index (χ0v) is 12.1. The number of carbonyl (C=O) groups is 3. The number of hydrogen-bond acceptors (Lipinski definition) is 5. The van der Waals surface area contributed by atoms with Gasteiger partial charge in [0.05, 0.1) is 14.2 Å². The number of carbonyl (C=O) groups excluding carboxylic acids is 3. The molecule has 0 radical (unpaired) electrons. The van der Waals surface area contributed by atoms with Gasteiger partial charge in [0.25, 0.3) is 0 Å². The third-order valence-electron chi connectivity index (χ3n) is 4.57. The lowest BCUT2D eigenvalue weighted by Crippen LogP contribution is -2.43. The number of rotatable bonds is 2. The number of ketones is 1. The fraction of sp³-hybridized carbons (Fsp3) is 0.667. The van der Waals surface area contributed by atoms with Crippen molar-refractivity contribution in [1.29, 1.82) is 0 Å². The molecule has 0 bridgehead atoms. The van der Waals surface area contributed by atoms with Gasteiger partial charge in [-0.05, 0) is 37.7 Å². The number of allylic oxidation sites excluding steroid dienone is 2. The summed E-state index contributed by atoms with van der Waals surface area (Å²) in [5.74, 6) is -1.34. The molecule has 20 heavy (non-hydrogen) atoms. The van der Waals surface area contributed by atoms with Gasteiger partial charge in [-0.25, -0.2) is 0 Å². The maximum absolute atomic E-state index is 12.2. The minimum Gasteiger partial charge on any atom is -0.468 e. The molecule has 0 aromatic heterocycles. The van der Waals surface area contributed by atoms with Crippen molar-refractivity contribution in [2.45, 2.75) is 32.6 Å². The van der Waals surface area contributed by atoms with Crippen molar-refractivity contribution in [1.82, 2.24) is 0 Å². The first-order valence-electron chi connectivity index (χ1n) is 6.85. The largest absolute Gasteiger partial charge is 0.468 e. The van der Waals surface area contributed by atoms with E-state index in [1.807, 2.05) is 6.08 Å². The molecule has 2 aliphatic rings. The van der Waals surface area contributed by atoms with Crippen LogP contribution in [0.15, 0.2) is 11.6 Å². The second-order valence-corrected chi connectivity index (χ2v) is 5.65. The van der Waals surface area contributed by atoms with Crippen LogP contribution < -0.4 is 0 Å². The van der Waals surface area contributed by atoms with E-state index in [1.54, 1.807) is 6.92 Å². The number of methoxy groups -OCH3 is 2. The van der Waals surface area contributed by atoms with Gasteiger partial charge in [-0.15, -0.1) is 0 Å². The van der Waals surface area contributed by atoms with Crippen LogP contribution in [0.1, 0.15) is 32.6 Å². The van der Waals surface area contributed by atoms with Gasteiger partial charge >= 0.3 is 11.9 Å². The molecule has 0 heterocycles. The Morgan fingerprint density at radius 2 is 1.85 bits per heavy atom. The van der Waals surface area contributed by atoms with Crippen molar-refractivity contribution in [3.63, 3.8) is 0 Å². The molecule has 0 aromatic rings. The van der Waals surface area contributed by atoms with Gasteiger partial charge in [-0.1, -0.05) is 12.5 Å². The molecule has 0 saturated heterocycles. The molecule has 5 nitrogen and oxygen atoms in total. The summed E-state index contributed by atoms with van der Waals surface area (Å²) in [6, 6.07) is 0. The highest BCUT2D eigenvalue weighted by Gasteiger charge is 2.53. The van der Waals surface area contributed by atoms with Crippen LogP contribution >= 0.6 is 0 Å². The smallest absolute Gasteiger partial charge is 0.323 e. The van der Waals surface area contributed by atoms with E-state index in [0.29, 0.717) is 12.8 Å². The molecule has 0 N–H and O–H groups in total. The van der Waals surface area contributed by atoms with Crippen molar-refractivity contribution >= 4 is 17.7 Å². The standard InChI is InChI=1S/C15H20O5/c1-9-7-10-5-4-6-15(13(17)19-2,14(18)20-3)8-11(10)12(9)16/h7,10-11H,4-6,8H2,1-3H3/t10-,11-/m1/s1. The minimum atomic E-state index is -1.34. The first-order chi connectivity index (χ1) is 9.46. The van der Waals surface area contributed by atoms with Gasteiger partial charge < -0.3 is 9.47 Å². The Morgan fingerprint density at radius 1 is 1.25 bits per heavy atom. The van der Waals surface area contributed by atoms with E-state index < -0.39 is 17.4 Å². The summed E-state index contributed by atoms with van der Waals surface area (Å²) in [4.78, 5) is 36.6. The highest BCUT2D eigenvalue weighted by molar-refractivity contribution is 6.03.